The summed E-state index contributed by atoms with van der Waals surface area (Å²) in [6.07, 6.45) is 2.20. The zero-order valence-corrected chi connectivity index (χ0v) is 28.8. The van der Waals surface area contributed by atoms with Crippen molar-refractivity contribution in [3.63, 3.8) is 0 Å². The average molecular weight is 541 g/mol. The van der Waals surface area contributed by atoms with Crippen molar-refractivity contribution < 1.29 is 4.12 Å². The smallest absolute Gasteiger partial charge is 0.183 e. The van der Waals surface area contributed by atoms with Crippen LogP contribution in [0.15, 0.2) is 0 Å². The maximum atomic E-state index is 6.40. The topological polar surface area (TPSA) is 109 Å². The molecule has 0 radical (unpaired) electrons. The summed E-state index contributed by atoms with van der Waals surface area (Å²) >= 11 is 0. The Kier molecular flexibility index (Phi) is 12.5. The number of nitrogens with two attached hydrogens (primary N) is 2. The molecule has 0 amide bonds. The first-order valence-corrected chi connectivity index (χ1v) is 30.2. The summed E-state index contributed by atoms with van der Waals surface area (Å²) in [5.74, 6) is 0. The van der Waals surface area contributed by atoms with E-state index in [2.05, 4.69) is 97.2 Å². The Labute approximate surface area is 200 Å². The van der Waals surface area contributed by atoms with Crippen LogP contribution in [0, 0.1) is 0 Å². The molecule has 1 fully saturated rings. The van der Waals surface area contributed by atoms with Crippen LogP contribution in [0.3, 0.4) is 0 Å². The van der Waals surface area contributed by atoms with Crippen molar-refractivity contribution in [3.05, 3.63) is 0 Å². The van der Waals surface area contributed by atoms with E-state index in [1.807, 2.05) is 0 Å². The van der Waals surface area contributed by atoms with Crippen molar-refractivity contribution in [3.8, 4) is 0 Å². The third kappa shape index (κ3) is 15.5. The molecule has 1 aliphatic rings. The van der Waals surface area contributed by atoms with Gasteiger partial charge in [-0.25, -0.2) is 0 Å². The van der Waals surface area contributed by atoms with Crippen molar-refractivity contribution in [1.82, 2.24) is 18.6 Å². The third-order valence-electron chi connectivity index (χ3n) is 5.02. The molecule has 1 rings (SSSR count). The van der Waals surface area contributed by atoms with Crippen LogP contribution in [0.25, 0.3) is 0 Å². The molecule has 0 aromatic rings. The van der Waals surface area contributed by atoms with Gasteiger partial charge < -0.3 is 34.2 Å². The predicted octanol–water partition coefficient (Wildman–Crippen LogP) is 3.28. The van der Waals surface area contributed by atoms with Crippen molar-refractivity contribution in [1.29, 1.82) is 0 Å². The molecule has 0 unspecified atom stereocenters. The third-order valence-corrected chi connectivity index (χ3v) is 32.6. The zero-order valence-electron chi connectivity index (χ0n) is 22.8. The molecule has 1 saturated heterocycles. The van der Waals surface area contributed by atoms with Crippen molar-refractivity contribution >= 4 is 50.2 Å². The summed E-state index contributed by atoms with van der Waals surface area (Å²) < 4.78 is 22.1. The number of rotatable bonds is 8. The van der Waals surface area contributed by atoms with Gasteiger partial charge in [-0.05, 0) is 117 Å². The van der Waals surface area contributed by atoms with E-state index in [4.69, 9.17) is 15.6 Å². The van der Waals surface area contributed by atoms with E-state index in [9.17, 15) is 0 Å². The van der Waals surface area contributed by atoms with Gasteiger partial charge >= 0.3 is 0 Å². The highest BCUT2D eigenvalue weighted by Crippen LogP contribution is 2.23. The number of hydrogen-bond acceptors (Lipinski definition) is 7. The number of hydrogen-bond donors (Lipinski definition) is 6. The number of nitrogens with one attached hydrogen (secondary N) is 4. The van der Waals surface area contributed by atoms with Crippen LogP contribution in [-0.4, -0.2) is 63.3 Å². The van der Waals surface area contributed by atoms with E-state index >= 15 is 0 Å². The molecule has 31 heavy (non-hydrogen) atoms. The van der Waals surface area contributed by atoms with Crippen LogP contribution in [0.5, 0.6) is 0 Å². The Balaban J connectivity index is 0.000000582. The average Bonchev–Trinajstić information content (AvgIpc) is 2.44. The van der Waals surface area contributed by atoms with E-state index in [1.165, 1.54) is 12.1 Å². The van der Waals surface area contributed by atoms with Gasteiger partial charge in [-0.1, -0.05) is 0 Å². The first-order valence-electron chi connectivity index (χ1n) is 11.9. The second kappa shape index (κ2) is 12.1. The molecule has 8 N–H and O–H groups in total. The molecule has 0 spiro atoms. The Morgan fingerprint density at radius 1 is 0.548 bits per heavy atom. The van der Waals surface area contributed by atoms with Gasteiger partial charge in [-0.15, -0.1) is 0 Å². The summed E-state index contributed by atoms with van der Waals surface area (Å²) in [6.45, 7) is 29.8. The quantitative estimate of drug-likeness (QED) is 0.262. The van der Waals surface area contributed by atoms with Gasteiger partial charge in [0.15, 0.2) is 50.2 Å². The summed E-state index contributed by atoms with van der Waals surface area (Å²) in [7, 11) is -8.88. The molecule has 0 atom stereocenters. The molecule has 1 aliphatic heterocycles. The van der Waals surface area contributed by atoms with Gasteiger partial charge in [0, 0.05) is 0 Å². The molecular formula is C18H56N6OSi6. The molecule has 188 valence electrons. The standard InChI is InChI=1S/C10H28N2OSi2.C8H28N4Si4/c1-14(2,9-5-7-11)13-15(3,4)10-6-8-12;1-13(2)9-14(3,4)11-16(7,8)12-15(5,6)10-13/h5-12H2,1-4H3;9-12H,1-8H3. The maximum absolute atomic E-state index is 6.40. The highest BCUT2D eigenvalue weighted by Gasteiger charge is 2.45. The van der Waals surface area contributed by atoms with E-state index in [0.29, 0.717) is 0 Å². The molecule has 0 saturated carbocycles. The first-order chi connectivity index (χ1) is 13.7. The summed E-state index contributed by atoms with van der Waals surface area (Å²) in [5, 5.41) is 0. The van der Waals surface area contributed by atoms with Crippen LogP contribution >= 0.6 is 0 Å². The molecule has 0 aliphatic carbocycles. The van der Waals surface area contributed by atoms with Crippen molar-refractivity contribution in [2.24, 2.45) is 11.5 Å². The summed E-state index contributed by atoms with van der Waals surface area (Å²) in [6, 6.07) is 2.37. The summed E-state index contributed by atoms with van der Waals surface area (Å²) in [4.78, 5) is 0. The second-order valence-electron chi connectivity index (χ2n) is 12.4. The lowest BCUT2D eigenvalue weighted by Crippen LogP contribution is -2.87. The van der Waals surface area contributed by atoms with Crippen molar-refractivity contribution in [2.75, 3.05) is 13.1 Å². The van der Waals surface area contributed by atoms with Crippen molar-refractivity contribution in [2.45, 2.75) is 103 Å². The zero-order chi connectivity index (χ0) is 24.8. The SMILES string of the molecule is C[Si](C)(CCCN)O[Si](C)(C)CCCN.C[Si]1(C)N[Si](C)(C)N[Si](C)(C)N[Si](C)(C)N1. The highest BCUT2D eigenvalue weighted by molar-refractivity contribution is 7.05. The van der Waals surface area contributed by atoms with Gasteiger partial charge in [0.25, 0.3) is 0 Å². The molecule has 0 aromatic heterocycles. The van der Waals surface area contributed by atoms with Crippen LogP contribution in [0.4, 0.5) is 0 Å². The van der Waals surface area contributed by atoms with Gasteiger partial charge in [0.2, 0.25) is 0 Å². The lowest BCUT2D eigenvalue weighted by atomic mass is 10.5. The fraction of sp³-hybridized carbons (Fsp3) is 1.00. The lowest BCUT2D eigenvalue weighted by molar-refractivity contribution is 0.531. The minimum atomic E-state index is -1.49. The van der Waals surface area contributed by atoms with E-state index in [-0.39, 0.29) is 0 Å². The lowest BCUT2D eigenvalue weighted by Gasteiger charge is -2.49. The van der Waals surface area contributed by atoms with Crippen LogP contribution in [-0.2, 0) is 4.12 Å². The fourth-order valence-electron chi connectivity index (χ4n) is 5.16. The fourth-order valence-corrected chi connectivity index (χ4v) is 42.3. The van der Waals surface area contributed by atoms with E-state index in [1.54, 1.807) is 0 Å². The second-order valence-corrected chi connectivity index (χ2v) is 38.3. The Bertz CT molecular complexity index is 456. The van der Waals surface area contributed by atoms with Gasteiger partial charge in [-0.3, -0.25) is 0 Å². The van der Waals surface area contributed by atoms with Gasteiger partial charge in [-0.2, -0.15) is 0 Å². The van der Waals surface area contributed by atoms with Crippen LogP contribution in [0.2, 0.25) is 90.7 Å². The molecule has 1 heterocycles. The van der Waals surface area contributed by atoms with Gasteiger partial charge in [0.1, 0.15) is 0 Å². The molecule has 7 nitrogen and oxygen atoms in total. The molecule has 0 bridgehead atoms. The van der Waals surface area contributed by atoms with E-state index in [0.717, 1.165) is 25.9 Å². The van der Waals surface area contributed by atoms with Crippen LogP contribution < -0.4 is 30.1 Å². The normalized spacial score (nSPS) is 22.6. The monoisotopic (exact) mass is 540 g/mol. The Hall–Kier alpha value is 1.02. The summed E-state index contributed by atoms with van der Waals surface area (Å²) in [5.41, 5.74) is 11.1. The minimum absolute atomic E-state index is 0.782. The molecule has 13 heteroatoms. The maximum Gasteiger partial charge on any atom is 0.183 e. The largest absolute Gasteiger partial charge is 0.455 e. The van der Waals surface area contributed by atoms with Crippen LogP contribution in [0.1, 0.15) is 12.8 Å². The first kappa shape index (κ1) is 32.0. The minimum Gasteiger partial charge on any atom is -0.455 e. The Morgan fingerprint density at radius 3 is 0.968 bits per heavy atom. The molecule has 0 aromatic carbocycles. The van der Waals surface area contributed by atoms with E-state index < -0.39 is 50.2 Å². The highest BCUT2D eigenvalue weighted by atomic mass is 28.5. The molecular weight excluding hydrogens is 485 g/mol. The Morgan fingerprint density at radius 2 is 0.774 bits per heavy atom. The van der Waals surface area contributed by atoms with Gasteiger partial charge in [0.05, 0.1) is 0 Å². The predicted molar refractivity (Wildman–Crippen MR) is 155 cm³/mol.